The summed E-state index contributed by atoms with van der Waals surface area (Å²) < 4.78 is 5.11. The van der Waals surface area contributed by atoms with E-state index in [1.54, 1.807) is 6.07 Å². The van der Waals surface area contributed by atoms with E-state index >= 15 is 0 Å². The Hall–Kier alpha value is -1.85. The van der Waals surface area contributed by atoms with Crippen LogP contribution in [-0.2, 0) is 4.79 Å². The maximum atomic E-state index is 12.3. The third-order valence-electron chi connectivity index (χ3n) is 2.78. The van der Waals surface area contributed by atoms with Crippen LogP contribution in [0.1, 0.15) is 56.3 Å². The number of carbonyl (C=O) groups excluding carboxylic acids is 1. The van der Waals surface area contributed by atoms with Crippen LogP contribution in [0.3, 0.4) is 0 Å². The molecule has 0 aliphatic rings. The van der Waals surface area contributed by atoms with Gasteiger partial charge >= 0.3 is 5.97 Å². The van der Waals surface area contributed by atoms with Gasteiger partial charge < -0.3 is 14.5 Å². The van der Waals surface area contributed by atoms with Crippen LogP contribution >= 0.6 is 0 Å². The van der Waals surface area contributed by atoms with Gasteiger partial charge in [0.05, 0.1) is 6.42 Å². The van der Waals surface area contributed by atoms with Gasteiger partial charge in [-0.1, -0.05) is 32.9 Å². The Kier molecular flexibility index (Phi) is 5.73. The lowest BCUT2D eigenvalue weighted by Gasteiger charge is -2.22. The number of aliphatic carboxylic acids is 1. The van der Waals surface area contributed by atoms with E-state index in [2.05, 4.69) is 5.16 Å². The SMILES string of the molecule is CC(C)CN(CCC(=O)O)C(=O)c1cc(C(C)C)on1. The molecule has 112 valence electrons. The quantitative estimate of drug-likeness (QED) is 0.830. The van der Waals surface area contributed by atoms with Crippen LogP contribution in [0.4, 0.5) is 0 Å². The van der Waals surface area contributed by atoms with Crippen molar-refractivity contribution in [2.24, 2.45) is 5.92 Å². The fraction of sp³-hybridized carbons (Fsp3) is 0.643. The molecule has 1 heterocycles. The summed E-state index contributed by atoms with van der Waals surface area (Å²) in [6.45, 7) is 8.52. The second kappa shape index (κ2) is 7.07. The number of carboxylic acids is 1. The van der Waals surface area contributed by atoms with Gasteiger partial charge in [0.15, 0.2) is 5.69 Å². The monoisotopic (exact) mass is 282 g/mol. The van der Waals surface area contributed by atoms with Crippen LogP contribution in [0.25, 0.3) is 0 Å². The smallest absolute Gasteiger partial charge is 0.305 e. The van der Waals surface area contributed by atoms with Crippen molar-refractivity contribution >= 4 is 11.9 Å². The van der Waals surface area contributed by atoms with Crippen molar-refractivity contribution in [3.05, 3.63) is 17.5 Å². The average Bonchev–Trinajstić information content (AvgIpc) is 2.82. The van der Waals surface area contributed by atoms with E-state index in [-0.39, 0.29) is 36.4 Å². The molecule has 0 atom stereocenters. The molecule has 6 heteroatoms. The van der Waals surface area contributed by atoms with Crippen molar-refractivity contribution in [3.8, 4) is 0 Å². The molecule has 0 bridgehead atoms. The standard InChI is InChI=1S/C14H22N2O4/c1-9(2)8-16(6-5-13(17)18)14(19)11-7-12(10(3)4)20-15-11/h7,9-10H,5-6,8H2,1-4H3,(H,17,18). The van der Waals surface area contributed by atoms with Gasteiger partial charge in [-0.25, -0.2) is 0 Å². The molecule has 0 radical (unpaired) electrons. The minimum Gasteiger partial charge on any atom is -0.481 e. The van der Waals surface area contributed by atoms with E-state index in [9.17, 15) is 9.59 Å². The molecule has 0 unspecified atom stereocenters. The Labute approximate surface area is 118 Å². The zero-order chi connectivity index (χ0) is 15.3. The zero-order valence-corrected chi connectivity index (χ0v) is 12.4. The van der Waals surface area contributed by atoms with E-state index in [1.165, 1.54) is 4.90 Å². The molecular formula is C14H22N2O4. The predicted molar refractivity (Wildman–Crippen MR) is 73.6 cm³/mol. The van der Waals surface area contributed by atoms with Crippen molar-refractivity contribution < 1.29 is 19.2 Å². The highest BCUT2D eigenvalue weighted by Gasteiger charge is 2.22. The number of amides is 1. The van der Waals surface area contributed by atoms with Gasteiger partial charge in [0.25, 0.3) is 5.91 Å². The molecule has 1 aromatic heterocycles. The fourth-order valence-corrected chi connectivity index (χ4v) is 1.77. The molecule has 20 heavy (non-hydrogen) atoms. The zero-order valence-electron chi connectivity index (χ0n) is 12.4. The molecular weight excluding hydrogens is 260 g/mol. The molecule has 0 saturated heterocycles. The number of rotatable bonds is 7. The van der Waals surface area contributed by atoms with Crippen molar-refractivity contribution in [3.63, 3.8) is 0 Å². The summed E-state index contributed by atoms with van der Waals surface area (Å²) in [5.41, 5.74) is 0.236. The normalized spacial score (nSPS) is 11.1. The molecule has 1 rings (SSSR count). The summed E-state index contributed by atoms with van der Waals surface area (Å²) in [5.74, 6) is -0.146. The van der Waals surface area contributed by atoms with Gasteiger partial charge in [-0.05, 0) is 5.92 Å². The van der Waals surface area contributed by atoms with Crippen LogP contribution in [-0.4, -0.2) is 40.1 Å². The molecule has 1 amide bonds. The van der Waals surface area contributed by atoms with Crippen molar-refractivity contribution in [2.45, 2.75) is 40.0 Å². The van der Waals surface area contributed by atoms with Crippen LogP contribution in [0.2, 0.25) is 0 Å². The van der Waals surface area contributed by atoms with E-state index in [0.717, 1.165) is 0 Å². The number of hydrogen-bond donors (Lipinski definition) is 1. The number of nitrogens with zero attached hydrogens (tertiary/aromatic N) is 2. The summed E-state index contributed by atoms with van der Waals surface area (Å²) in [6.07, 6.45) is -0.0760. The predicted octanol–water partition coefficient (Wildman–Crippen LogP) is 2.37. The molecule has 0 aliphatic heterocycles. The van der Waals surface area contributed by atoms with Crippen LogP contribution < -0.4 is 0 Å². The molecule has 1 aromatic rings. The Bertz CT molecular complexity index is 465. The summed E-state index contributed by atoms with van der Waals surface area (Å²) in [5, 5.41) is 12.5. The van der Waals surface area contributed by atoms with Crippen molar-refractivity contribution in [1.29, 1.82) is 0 Å². The number of hydrogen-bond acceptors (Lipinski definition) is 4. The summed E-state index contributed by atoms with van der Waals surface area (Å²) in [7, 11) is 0. The molecule has 0 saturated carbocycles. The third-order valence-corrected chi connectivity index (χ3v) is 2.78. The minimum atomic E-state index is -0.922. The second-order valence-electron chi connectivity index (χ2n) is 5.56. The highest BCUT2D eigenvalue weighted by molar-refractivity contribution is 5.92. The first-order valence-electron chi connectivity index (χ1n) is 6.79. The number of carbonyl (C=O) groups is 2. The maximum absolute atomic E-state index is 12.3. The summed E-state index contributed by atoms with van der Waals surface area (Å²) in [4.78, 5) is 24.5. The first-order valence-corrected chi connectivity index (χ1v) is 6.79. The number of carboxylic acid groups (broad SMARTS) is 1. The Morgan fingerprint density at radius 3 is 2.45 bits per heavy atom. The summed E-state index contributed by atoms with van der Waals surface area (Å²) in [6, 6.07) is 1.63. The topological polar surface area (TPSA) is 83.6 Å². The average molecular weight is 282 g/mol. The third kappa shape index (κ3) is 4.68. The fourth-order valence-electron chi connectivity index (χ4n) is 1.77. The molecule has 0 aromatic carbocycles. The van der Waals surface area contributed by atoms with E-state index in [4.69, 9.17) is 9.63 Å². The lowest BCUT2D eigenvalue weighted by Crippen LogP contribution is -2.36. The molecule has 0 fully saturated rings. The Balaban J connectivity index is 2.82. The van der Waals surface area contributed by atoms with Gasteiger partial charge in [0.2, 0.25) is 0 Å². The van der Waals surface area contributed by atoms with Crippen molar-refractivity contribution in [1.82, 2.24) is 10.1 Å². The first kappa shape index (κ1) is 16.2. The van der Waals surface area contributed by atoms with Crippen LogP contribution in [0, 0.1) is 5.92 Å². The minimum absolute atomic E-state index is 0.0760. The van der Waals surface area contributed by atoms with Gasteiger partial charge in [-0.3, -0.25) is 9.59 Å². The van der Waals surface area contributed by atoms with E-state index < -0.39 is 5.97 Å². The largest absolute Gasteiger partial charge is 0.481 e. The maximum Gasteiger partial charge on any atom is 0.305 e. The highest BCUT2D eigenvalue weighted by atomic mass is 16.5. The van der Waals surface area contributed by atoms with Gasteiger partial charge in [-0.15, -0.1) is 0 Å². The molecule has 6 nitrogen and oxygen atoms in total. The molecule has 0 spiro atoms. The van der Waals surface area contributed by atoms with Gasteiger partial charge in [0.1, 0.15) is 5.76 Å². The first-order chi connectivity index (χ1) is 9.31. The van der Waals surface area contributed by atoms with Crippen LogP contribution in [0.5, 0.6) is 0 Å². The van der Waals surface area contributed by atoms with Gasteiger partial charge in [-0.2, -0.15) is 0 Å². The van der Waals surface area contributed by atoms with Crippen LogP contribution in [0.15, 0.2) is 10.6 Å². The summed E-state index contributed by atoms with van der Waals surface area (Å²) >= 11 is 0. The Morgan fingerprint density at radius 2 is 2.00 bits per heavy atom. The lowest BCUT2D eigenvalue weighted by molar-refractivity contribution is -0.137. The second-order valence-corrected chi connectivity index (χ2v) is 5.56. The molecule has 1 N–H and O–H groups in total. The molecule has 0 aliphatic carbocycles. The number of aromatic nitrogens is 1. The highest BCUT2D eigenvalue weighted by Crippen LogP contribution is 2.16. The van der Waals surface area contributed by atoms with E-state index in [0.29, 0.717) is 12.3 Å². The van der Waals surface area contributed by atoms with E-state index in [1.807, 2.05) is 27.7 Å². The Morgan fingerprint density at radius 1 is 1.35 bits per heavy atom. The van der Waals surface area contributed by atoms with Gasteiger partial charge in [0, 0.05) is 25.1 Å². The lowest BCUT2D eigenvalue weighted by atomic mass is 10.1. The van der Waals surface area contributed by atoms with Crippen molar-refractivity contribution in [2.75, 3.05) is 13.1 Å².